The van der Waals surface area contributed by atoms with E-state index in [1.54, 1.807) is 17.0 Å². The zero-order valence-electron chi connectivity index (χ0n) is 14.4. The van der Waals surface area contributed by atoms with Crippen LogP contribution in [0.2, 0.25) is 0 Å². The second-order valence-corrected chi connectivity index (χ2v) is 5.51. The highest BCUT2D eigenvalue weighted by molar-refractivity contribution is 5.94. The van der Waals surface area contributed by atoms with Gasteiger partial charge in [-0.05, 0) is 23.2 Å². The van der Waals surface area contributed by atoms with E-state index in [-0.39, 0.29) is 12.5 Å². The minimum atomic E-state index is -0.142. The van der Waals surface area contributed by atoms with E-state index >= 15 is 0 Å². The van der Waals surface area contributed by atoms with Crippen molar-refractivity contribution in [3.8, 4) is 0 Å². The normalized spacial score (nSPS) is 10.6. The molecule has 0 saturated heterocycles. The third-order valence-electron chi connectivity index (χ3n) is 3.53. The van der Waals surface area contributed by atoms with Crippen molar-refractivity contribution >= 4 is 12.0 Å². The van der Waals surface area contributed by atoms with E-state index in [1.165, 1.54) is 0 Å². The van der Waals surface area contributed by atoms with Gasteiger partial charge in [0.05, 0.1) is 0 Å². The highest BCUT2D eigenvalue weighted by Gasteiger charge is 2.14. The molecule has 26 heavy (non-hydrogen) atoms. The van der Waals surface area contributed by atoms with Crippen molar-refractivity contribution in [2.45, 2.75) is 0 Å². The Bertz CT molecular complexity index is 835. The van der Waals surface area contributed by atoms with Gasteiger partial charge < -0.3 is 4.90 Å². The van der Waals surface area contributed by atoms with Crippen LogP contribution < -0.4 is 0 Å². The Morgan fingerprint density at radius 3 is 2.38 bits per heavy atom. The topological polar surface area (TPSA) is 69.1 Å². The van der Waals surface area contributed by atoms with Gasteiger partial charge in [-0.15, -0.1) is 0 Å². The third-order valence-corrected chi connectivity index (χ3v) is 3.53. The van der Waals surface area contributed by atoms with Gasteiger partial charge in [0.2, 0.25) is 0 Å². The summed E-state index contributed by atoms with van der Waals surface area (Å²) in [7, 11) is 0. The van der Waals surface area contributed by atoms with Crippen molar-refractivity contribution < 1.29 is 4.79 Å². The van der Waals surface area contributed by atoms with Gasteiger partial charge in [0, 0.05) is 29.3 Å². The highest BCUT2D eigenvalue weighted by Crippen LogP contribution is 2.08. The van der Waals surface area contributed by atoms with Crippen LogP contribution in [0.5, 0.6) is 0 Å². The van der Waals surface area contributed by atoms with Crippen LogP contribution in [0.4, 0.5) is 0 Å². The Hall–Kier alpha value is -3.56. The van der Waals surface area contributed by atoms with E-state index in [0.29, 0.717) is 17.8 Å². The predicted molar refractivity (Wildman–Crippen MR) is 105 cm³/mol. The maximum atomic E-state index is 12.7. The zero-order chi connectivity index (χ0) is 18.6. The van der Waals surface area contributed by atoms with Crippen molar-refractivity contribution in [3.05, 3.63) is 113 Å². The van der Waals surface area contributed by atoms with Gasteiger partial charge in [-0.2, -0.15) is 0 Å². The first-order valence-electron chi connectivity index (χ1n) is 8.16. The smallest absolute Gasteiger partial charge is 0.254 e. The molecule has 5 heteroatoms. The summed E-state index contributed by atoms with van der Waals surface area (Å²) in [5.41, 5.74) is 10.5. The summed E-state index contributed by atoms with van der Waals surface area (Å²) in [5.74, 6) is -0.142. The van der Waals surface area contributed by atoms with Gasteiger partial charge in [-0.1, -0.05) is 84.5 Å². The molecule has 0 aliphatic heterocycles. The number of amides is 1. The molecule has 0 aromatic heterocycles. The van der Waals surface area contributed by atoms with Crippen LogP contribution >= 0.6 is 0 Å². The molecule has 0 saturated carbocycles. The van der Waals surface area contributed by atoms with Gasteiger partial charge in [-0.3, -0.25) is 4.79 Å². The van der Waals surface area contributed by atoms with Crippen LogP contribution in [0.15, 0.2) is 96.3 Å². The first-order chi connectivity index (χ1) is 12.7. The summed E-state index contributed by atoms with van der Waals surface area (Å²) in [4.78, 5) is 17.0. The molecule has 0 aliphatic rings. The second kappa shape index (κ2) is 10.3. The van der Waals surface area contributed by atoms with Crippen molar-refractivity contribution in [2.75, 3.05) is 13.1 Å². The second-order valence-electron chi connectivity index (χ2n) is 5.51. The van der Waals surface area contributed by atoms with E-state index in [4.69, 9.17) is 5.53 Å². The quantitative estimate of drug-likeness (QED) is 0.280. The zero-order valence-corrected chi connectivity index (χ0v) is 14.4. The maximum absolute atomic E-state index is 12.7. The minimum Gasteiger partial charge on any atom is -0.331 e. The lowest BCUT2D eigenvalue weighted by molar-refractivity contribution is 0.0786. The van der Waals surface area contributed by atoms with E-state index in [2.05, 4.69) is 16.6 Å². The minimum absolute atomic E-state index is 0.142. The summed E-state index contributed by atoms with van der Waals surface area (Å²) < 4.78 is 0. The molecule has 0 spiro atoms. The van der Waals surface area contributed by atoms with E-state index in [9.17, 15) is 4.79 Å². The number of allylic oxidation sites excluding steroid dienone is 2. The van der Waals surface area contributed by atoms with E-state index in [0.717, 1.165) is 5.56 Å². The first kappa shape index (κ1) is 18.8. The number of carbonyl (C=O) groups excluding carboxylic acids is 1. The molecule has 0 bridgehead atoms. The third kappa shape index (κ3) is 6.15. The fourth-order valence-electron chi connectivity index (χ4n) is 2.30. The molecule has 0 fully saturated rings. The highest BCUT2D eigenvalue weighted by atomic mass is 16.2. The SMILES string of the molecule is C=C(CN(C/C=C/C=C/c1ccccc1)C(=O)c1ccccc1)N=[N+]=[N-]. The number of hydrogen-bond donors (Lipinski definition) is 0. The van der Waals surface area contributed by atoms with Crippen LogP contribution in [0.3, 0.4) is 0 Å². The van der Waals surface area contributed by atoms with Crippen molar-refractivity contribution in [2.24, 2.45) is 5.11 Å². The van der Waals surface area contributed by atoms with Crippen molar-refractivity contribution in [1.82, 2.24) is 4.90 Å². The largest absolute Gasteiger partial charge is 0.331 e. The Morgan fingerprint density at radius 1 is 1.08 bits per heavy atom. The summed E-state index contributed by atoms with van der Waals surface area (Å²) >= 11 is 0. The molecule has 2 aromatic carbocycles. The van der Waals surface area contributed by atoms with Gasteiger partial charge in [0.1, 0.15) is 0 Å². The summed E-state index contributed by atoms with van der Waals surface area (Å²) in [6.07, 6.45) is 7.67. The molecule has 0 atom stereocenters. The molecule has 0 unspecified atom stereocenters. The van der Waals surface area contributed by atoms with Crippen LogP contribution in [0.1, 0.15) is 15.9 Å². The lowest BCUT2D eigenvalue weighted by atomic mass is 10.2. The molecular formula is C21H20N4O. The van der Waals surface area contributed by atoms with Crippen molar-refractivity contribution in [3.63, 3.8) is 0 Å². The summed E-state index contributed by atoms with van der Waals surface area (Å²) in [6.45, 7) is 4.24. The molecule has 2 rings (SSSR count). The molecule has 0 radical (unpaired) electrons. The van der Waals surface area contributed by atoms with Gasteiger partial charge >= 0.3 is 0 Å². The molecule has 1 amide bonds. The molecule has 2 aromatic rings. The van der Waals surface area contributed by atoms with Crippen LogP contribution in [0.25, 0.3) is 16.5 Å². The van der Waals surface area contributed by atoms with Crippen LogP contribution in [-0.4, -0.2) is 23.9 Å². The standard InChI is InChI=1S/C21H20N4O/c1-18(23-24-22)17-25(21(26)20-14-8-3-9-15-20)16-10-4-7-13-19-11-5-2-6-12-19/h2-15H,1,16-17H2/b10-4+,13-7+. The van der Waals surface area contributed by atoms with Crippen LogP contribution in [-0.2, 0) is 0 Å². The summed E-state index contributed by atoms with van der Waals surface area (Å²) in [5, 5.41) is 3.48. The molecule has 0 aliphatic carbocycles. The Labute approximate surface area is 153 Å². The Morgan fingerprint density at radius 2 is 1.73 bits per heavy atom. The molecule has 130 valence electrons. The number of rotatable bonds is 8. The van der Waals surface area contributed by atoms with Gasteiger partial charge in [0.25, 0.3) is 5.91 Å². The average Bonchev–Trinajstić information content (AvgIpc) is 2.68. The fourth-order valence-corrected chi connectivity index (χ4v) is 2.30. The fraction of sp³-hybridized carbons (Fsp3) is 0.0952. The van der Waals surface area contributed by atoms with E-state index < -0.39 is 0 Å². The average molecular weight is 344 g/mol. The molecule has 0 heterocycles. The van der Waals surface area contributed by atoms with Crippen LogP contribution in [0, 0.1) is 0 Å². The van der Waals surface area contributed by atoms with Gasteiger partial charge in [-0.25, -0.2) is 0 Å². The number of azide groups is 1. The molecule has 5 nitrogen and oxygen atoms in total. The Balaban J connectivity index is 2.04. The maximum Gasteiger partial charge on any atom is 0.254 e. The van der Waals surface area contributed by atoms with Crippen molar-refractivity contribution in [1.29, 1.82) is 0 Å². The first-order valence-corrected chi connectivity index (χ1v) is 8.16. The monoisotopic (exact) mass is 344 g/mol. The lowest BCUT2D eigenvalue weighted by Gasteiger charge is -2.21. The lowest BCUT2D eigenvalue weighted by Crippen LogP contribution is -2.32. The number of benzene rings is 2. The molecule has 0 N–H and O–H groups in total. The van der Waals surface area contributed by atoms with Gasteiger partial charge in [0.15, 0.2) is 0 Å². The predicted octanol–water partition coefficient (Wildman–Crippen LogP) is 5.22. The number of carbonyl (C=O) groups is 1. The summed E-state index contributed by atoms with van der Waals surface area (Å²) in [6, 6.07) is 18.9. The Kier molecular flexibility index (Phi) is 7.46. The number of hydrogen-bond acceptors (Lipinski definition) is 2. The number of nitrogens with zero attached hydrogens (tertiary/aromatic N) is 4. The van der Waals surface area contributed by atoms with E-state index in [1.807, 2.05) is 72.8 Å². The molecular weight excluding hydrogens is 324 g/mol.